The number of benzene rings is 1. The first-order chi connectivity index (χ1) is 13.0. The molecule has 0 bridgehead atoms. The number of carbonyl (C=O) groups is 2. The van der Waals surface area contributed by atoms with E-state index in [0.29, 0.717) is 28.9 Å². The molecule has 144 valence electrons. The Morgan fingerprint density at radius 1 is 1.30 bits per heavy atom. The summed E-state index contributed by atoms with van der Waals surface area (Å²) in [6.07, 6.45) is 2.19. The number of rotatable bonds is 6. The Bertz CT molecular complexity index is 751. The van der Waals surface area contributed by atoms with Crippen molar-refractivity contribution in [2.24, 2.45) is 0 Å². The van der Waals surface area contributed by atoms with Crippen LogP contribution >= 0.6 is 11.6 Å². The Labute approximate surface area is 164 Å². The molecule has 1 saturated heterocycles. The maximum Gasteiger partial charge on any atom is 0.241 e. The van der Waals surface area contributed by atoms with Gasteiger partial charge in [-0.1, -0.05) is 11.6 Å². The largest absolute Gasteiger partial charge is 0.352 e. The number of carbonyl (C=O) groups excluding carboxylic acids is 2. The molecule has 2 fully saturated rings. The quantitative estimate of drug-likeness (QED) is 0.768. The monoisotopic (exact) mass is 389 g/mol. The minimum atomic E-state index is -0.290. The highest BCUT2D eigenvalue weighted by molar-refractivity contribution is 6.32. The molecular weight excluding hydrogens is 366 g/mol. The van der Waals surface area contributed by atoms with E-state index in [1.165, 1.54) is 0 Å². The van der Waals surface area contributed by atoms with Crippen LogP contribution < -0.4 is 10.6 Å². The predicted octanol–water partition coefficient (Wildman–Crippen LogP) is 1.43. The minimum Gasteiger partial charge on any atom is -0.352 e. The summed E-state index contributed by atoms with van der Waals surface area (Å²) >= 11 is 6.01. The van der Waals surface area contributed by atoms with Crippen LogP contribution in [0.15, 0.2) is 18.2 Å². The Morgan fingerprint density at radius 2 is 2.00 bits per heavy atom. The molecule has 0 spiro atoms. The molecule has 1 aliphatic heterocycles. The third kappa shape index (κ3) is 5.42. The Morgan fingerprint density at radius 3 is 2.59 bits per heavy atom. The molecular formula is C19H24ClN5O2. The summed E-state index contributed by atoms with van der Waals surface area (Å²) in [5.74, 6) is -0.0230. The molecule has 3 rings (SSSR count). The van der Waals surface area contributed by atoms with Crippen molar-refractivity contribution >= 4 is 29.1 Å². The second kappa shape index (κ2) is 8.70. The number of hydrogen-bond donors (Lipinski definition) is 2. The highest BCUT2D eigenvalue weighted by atomic mass is 35.5. The van der Waals surface area contributed by atoms with Gasteiger partial charge in [0.05, 0.1) is 23.2 Å². The van der Waals surface area contributed by atoms with Crippen LogP contribution in [0.4, 0.5) is 5.69 Å². The molecule has 1 unspecified atom stereocenters. The summed E-state index contributed by atoms with van der Waals surface area (Å²) in [5.41, 5.74) is 0.954. The van der Waals surface area contributed by atoms with E-state index in [2.05, 4.69) is 20.4 Å². The zero-order chi connectivity index (χ0) is 19.4. The number of nitriles is 1. The van der Waals surface area contributed by atoms with Crippen LogP contribution in [0.25, 0.3) is 0 Å². The van der Waals surface area contributed by atoms with Gasteiger partial charge in [0, 0.05) is 37.9 Å². The first-order valence-electron chi connectivity index (χ1n) is 9.22. The van der Waals surface area contributed by atoms with Crippen molar-refractivity contribution in [2.45, 2.75) is 31.8 Å². The van der Waals surface area contributed by atoms with Crippen molar-refractivity contribution in [3.05, 3.63) is 28.8 Å². The summed E-state index contributed by atoms with van der Waals surface area (Å²) in [4.78, 5) is 28.7. The van der Waals surface area contributed by atoms with Crippen molar-refractivity contribution < 1.29 is 9.59 Å². The number of hydrogen-bond acceptors (Lipinski definition) is 5. The fraction of sp³-hybridized carbons (Fsp3) is 0.526. The molecule has 1 saturated carbocycles. The summed E-state index contributed by atoms with van der Waals surface area (Å²) in [5, 5.41) is 15.1. The van der Waals surface area contributed by atoms with Gasteiger partial charge in [-0.05, 0) is 38.0 Å². The summed E-state index contributed by atoms with van der Waals surface area (Å²) < 4.78 is 0. The molecule has 0 aromatic heterocycles. The number of piperazine rings is 1. The zero-order valence-electron chi connectivity index (χ0n) is 15.4. The van der Waals surface area contributed by atoms with Crippen LogP contribution in [0, 0.1) is 11.3 Å². The number of halogens is 1. The molecule has 27 heavy (non-hydrogen) atoms. The van der Waals surface area contributed by atoms with E-state index in [9.17, 15) is 9.59 Å². The molecule has 1 atom stereocenters. The number of nitrogens with one attached hydrogen (secondary N) is 2. The average molecular weight is 390 g/mol. The van der Waals surface area contributed by atoms with E-state index in [1.54, 1.807) is 18.2 Å². The van der Waals surface area contributed by atoms with Crippen LogP contribution in [0.1, 0.15) is 25.3 Å². The van der Waals surface area contributed by atoms with Crippen molar-refractivity contribution in [1.82, 2.24) is 15.1 Å². The fourth-order valence-corrected chi connectivity index (χ4v) is 3.33. The van der Waals surface area contributed by atoms with E-state index in [1.807, 2.05) is 13.0 Å². The van der Waals surface area contributed by atoms with Gasteiger partial charge >= 0.3 is 0 Å². The molecule has 1 heterocycles. The van der Waals surface area contributed by atoms with E-state index >= 15 is 0 Å². The summed E-state index contributed by atoms with van der Waals surface area (Å²) in [7, 11) is 0. The van der Waals surface area contributed by atoms with E-state index < -0.39 is 0 Å². The van der Waals surface area contributed by atoms with Crippen molar-refractivity contribution in [1.29, 1.82) is 5.26 Å². The van der Waals surface area contributed by atoms with Crippen LogP contribution in [0.2, 0.25) is 5.02 Å². The number of amides is 2. The molecule has 2 N–H and O–H groups in total. The number of nitrogens with zero attached hydrogens (tertiary/aromatic N) is 3. The normalized spacial score (nSPS) is 19.1. The van der Waals surface area contributed by atoms with Gasteiger partial charge < -0.3 is 10.6 Å². The van der Waals surface area contributed by atoms with Crippen molar-refractivity contribution in [3.63, 3.8) is 0 Å². The van der Waals surface area contributed by atoms with Crippen LogP contribution in [-0.4, -0.2) is 66.4 Å². The second-order valence-corrected chi connectivity index (χ2v) is 7.53. The first kappa shape index (κ1) is 19.6. The molecule has 1 aliphatic carbocycles. The van der Waals surface area contributed by atoms with Gasteiger partial charge in [0.15, 0.2) is 0 Å². The van der Waals surface area contributed by atoms with Gasteiger partial charge in [-0.2, -0.15) is 5.26 Å². The molecule has 1 aromatic rings. The van der Waals surface area contributed by atoms with Crippen LogP contribution in [0.5, 0.6) is 0 Å². The van der Waals surface area contributed by atoms with Gasteiger partial charge in [-0.15, -0.1) is 0 Å². The maximum atomic E-state index is 12.5. The summed E-state index contributed by atoms with van der Waals surface area (Å²) in [6.45, 7) is 5.29. The molecule has 2 aliphatic rings. The first-order valence-corrected chi connectivity index (χ1v) is 9.60. The van der Waals surface area contributed by atoms with Crippen molar-refractivity contribution in [3.8, 4) is 6.07 Å². The Kier molecular flexibility index (Phi) is 6.32. The molecule has 0 radical (unpaired) electrons. The summed E-state index contributed by atoms with van der Waals surface area (Å²) in [6, 6.07) is 6.94. The molecule has 1 aromatic carbocycles. The third-order valence-corrected chi connectivity index (χ3v) is 5.31. The second-order valence-electron chi connectivity index (χ2n) is 7.13. The van der Waals surface area contributed by atoms with E-state index in [0.717, 1.165) is 39.0 Å². The van der Waals surface area contributed by atoms with Gasteiger partial charge in [0.1, 0.15) is 6.07 Å². The topological polar surface area (TPSA) is 88.5 Å². The van der Waals surface area contributed by atoms with Gasteiger partial charge in [0.2, 0.25) is 11.8 Å². The van der Waals surface area contributed by atoms with Crippen LogP contribution in [0.3, 0.4) is 0 Å². The highest BCUT2D eigenvalue weighted by Gasteiger charge is 2.28. The predicted molar refractivity (Wildman–Crippen MR) is 103 cm³/mol. The highest BCUT2D eigenvalue weighted by Crippen LogP contribution is 2.21. The Hall–Kier alpha value is -2.14. The smallest absolute Gasteiger partial charge is 0.241 e. The lowest BCUT2D eigenvalue weighted by Gasteiger charge is -2.37. The third-order valence-electron chi connectivity index (χ3n) is 5.00. The van der Waals surface area contributed by atoms with Crippen molar-refractivity contribution in [2.75, 3.05) is 38.0 Å². The standard InChI is InChI=1S/C19H24ClN5O2/c1-13(19(27)23-16-3-2-14(11-21)17(20)10-16)25-8-6-24(7-9-25)12-18(26)22-15-4-5-15/h2-3,10,13,15H,4-9,12H2,1H3,(H,22,26)(H,23,27). The van der Waals surface area contributed by atoms with Crippen LogP contribution in [-0.2, 0) is 9.59 Å². The van der Waals surface area contributed by atoms with E-state index in [4.69, 9.17) is 16.9 Å². The lowest BCUT2D eigenvalue weighted by Crippen LogP contribution is -2.54. The average Bonchev–Trinajstić information content (AvgIpc) is 3.45. The SMILES string of the molecule is CC(C(=O)Nc1ccc(C#N)c(Cl)c1)N1CCN(CC(=O)NC2CC2)CC1. The lowest BCUT2D eigenvalue weighted by molar-refractivity contribution is -0.124. The maximum absolute atomic E-state index is 12.5. The fourth-order valence-electron chi connectivity index (χ4n) is 3.11. The molecule has 7 nitrogen and oxygen atoms in total. The molecule has 2 amide bonds. The van der Waals surface area contributed by atoms with Gasteiger partial charge in [-0.25, -0.2) is 0 Å². The minimum absolute atomic E-state index is 0.0921. The molecule has 8 heteroatoms. The number of anilines is 1. The zero-order valence-corrected chi connectivity index (χ0v) is 16.1. The lowest BCUT2D eigenvalue weighted by atomic mass is 10.2. The van der Waals surface area contributed by atoms with Gasteiger partial charge in [-0.3, -0.25) is 19.4 Å². The van der Waals surface area contributed by atoms with Gasteiger partial charge in [0.25, 0.3) is 0 Å². The van der Waals surface area contributed by atoms with E-state index in [-0.39, 0.29) is 17.9 Å². The Balaban J connectivity index is 1.46.